The summed E-state index contributed by atoms with van der Waals surface area (Å²) in [4.78, 5) is 7.10. The molecule has 1 aromatic heterocycles. The molecule has 0 amide bonds. The standard InChI is InChI=1S/C18H31N3/c1-4-10-19-16-7-11-20-17(14-16)15-21-12-8-18(5-2,6-3)9-13-21/h7,11,14H,4-6,8-10,12-13,15H2,1-3H3,(H,19,20). The van der Waals surface area contributed by atoms with E-state index in [1.54, 1.807) is 0 Å². The minimum absolute atomic E-state index is 0.606. The highest BCUT2D eigenvalue weighted by molar-refractivity contribution is 5.43. The zero-order valence-corrected chi connectivity index (χ0v) is 14.0. The van der Waals surface area contributed by atoms with Gasteiger partial charge >= 0.3 is 0 Å². The molecule has 1 aliphatic heterocycles. The highest BCUT2D eigenvalue weighted by atomic mass is 15.1. The Hall–Kier alpha value is -1.09. The summed E-state index contributed by atoms with van der Waals surface area (Å²) in [5, 5.41) is 3.44. The van der Waals surface area contributed by atoms with Gasteiger partial charge in [0.15, 0.2) is 0 Å². The van der Waals surface area contributed by atoms with Crippen molar-refractivity contribution in [2.75, 3.05) is 25.0 Å². The van der Waals surface area contributed by atoms with Gasteiger partial charge in [-0.05, 0) is 49.9 Å². The molecule has 0 atom stereocenters. The van der Waals surface area contributed by atoms with Crippen molar-refractivity contribution in [2.24, 2.45) is 5.41 Å². The lowest BCUT2D eigenvalue weighted by Crippen LogP contribution is -2.39. The van der Waals surface area contributed by atoms with E-state index in [1.807, 2.05) is 6.20 Å². The fraction of sp³-hybridized carbons (Fsp3) is 0.722. The van der Waals surface area contributed by atoms with Crippen LogP contribution in [0, 0.1) is 5.41 Å². The Bertz CT molecular complexity index is 416. The van der Waals surface area contributed by atoms with Crippen molar-refractivity contribution >= 4 is 5.69 Å². The first-order valence-corrected chi connectivity index (χ1v) is 8.62. The van der Waals surface area contributed by atoms with E-state index in [4.69, 9.17) is 0 Å². The van der Waals surface area contributed by atoms with E-state index in [9.17, 15) is 0 Å². The Morgan fingerprint density at radius 1 is 1.19 bits per heavy atom. The summed E-state index contributed by atoms with van der Waals surface area (Å²) in [7, 11) is 0. The first kappa shape index (κ1) is 16.3. The van der Waals surface area contributed by atoms with Gasteiger partial charge in [0.05, 0.1) is 5.69 Å². The predicted molar refractivity (Wildman–Crippen MR) is 90.5 cm³/mol. The van der Waals surface area contributed by atoms with E-state index in [-0.39, 0.29) is 0 Å². The van der Waals surface area contributed by atoms with Crippen LogP contribution in [0.25, 0.3) is 0 Å². The summed E-state index contributed by atoms with van der Waals surface area (Å²) >= 11 is 0. The molecule has 0 bridgehead atoms. The van der Waals surface area contributed by atoms with Crippen molar-refractivity contribution in [2.45, 2.75) is 59.4 Å². The van der Waals surface area contributed by atoms with Crippen LogP contribution in [0.15, 0.2) is 18.3 Å². The molecule has 2 rings (SSSR count). The average molecular weight is 289 g/mol. The molecular weight excluding hydrogens is 258 g/mol. The van der Waals surface area contributed by atoms with Gasteiger partial charge in [0.2, 0.25) is 0 Å². The van der Waals surface area contributed by atoms with Crippen LogP contribution in [0.4, 0.5) is 5.69 Å². The highest BCUT2D eigenvalue weighted by Crippen LogP contribution is 2.38. The van der Waals surface area contributed by atoms with Crippen LogP contribution < -0.4 is 5.32 Å². The van der Waals surface area contributed by atoms with Crippen LogP contribution in [0.2, 0.25) is 0 Å². The lowest BCUT2D eigenvalue weighted by molar-refractivity contribution is 0.0901. The zero-order chi connectivity index (χ0) is 15.1. The molecule has 118 valence electrons. The number of hydrogen-bond acceptors (Lipinski definition) is 3. The van der Waals surface area contributed by atoms with Crippen molar-refractivity contribution in [3.05, 3.63) is 24.0 Å². The number of likely N-dealkylation sites (tertiary alicyclic amines) is 1. The molecule has 1 N–H and O–H groups in total. The monoisotopic (exact) mass is 289 g/mol. The Labute approximate surface area is 130 Å². The van der Waals surface area contributed by atoms with Gasteiger partial charge in [0.1, 0.15) is 0 Å². The molecule has 1 saturated heterocycles. The van der Waals surface area contributed by atoms with Gasteiger partial charge in [-0.3, -0.25) is 9.88 Å². The number of hydrogen-bond donors (Lipinski definition) is 1. The molecule has 3 nitrogen and oxygen atoms in total. The second-order valence-electron chi connectivity index (χ2n) is 6.45. The summed E-state index contributed by atoms with van der Waals surface area (Å²) in [5.74, 6) is 0. The lowest BCUT2D eigenvalue weighted by atomic mass is 9.74. The Morgan fingerprint density at radius 3 is 2.52 bits per heavy atom. The number of nitrogens with one attached hydrogen (secondary N) is 1. The number of piperidine rings is 1. The molecule has 0 radical (unpaired) electrons. The first-order chi connectivity index (χ1) is 10.2. The summed E-state index contributed by atoms with van der Waals surface area (Å²) in [6.45, 7) is 11.4. The quantitative estimate of drug-likeness (QED) is 0.811. The summed E-state index contributed by atoms with van der Waals surface area (Å²) < 4.78 is 0. The fourth-order valence-corrected chi connectivity index (χ4v) is 3.32. The maximum absolute atomic E-state index is 4.54. The molecule has 0 unspecified atom stereocenters. The molecule has 3 heteroatoms. The van der Waals surface area contributed by atoms with Crippen molar-refractivity contribution in [3.63, 3.8) is 0 Å². The second kappa shape index (κ2) is 7.79. The fourth-order valence-electron chi connectivity index (χ4n) is 3.32. The summed E-state index contributed by atoms with van der Waals surface area (Å²) in [6, 6.07) is 4.27. The molecule has 1 aromatic rings. The van der Waals surface area contributed by atoms with Gasteiger partial charge < -0.3 is 5.32 Å². The van der Waals surface area contributed by atoms with Gasteiger partial charge in [0, 0.05) is 25.0 Å². The topological polar surface area (TPSA) is 28.2 Å². The van der Waals surface area contributed by atoms with Gasteiger partial charge in [-0.25, -0.2) is 0 Å². The van der Waals surface area contributed by atoms with Gasteiger partial charge in [-0.2, -0.15) is 0 Å². The largest absolute Gasteiger partial charge is 0.385 e. The third kappa shape index (κ3) is 4.44. The SMILES string of the molecule is CCCNc1ccnc(CN2CCC(CC)(CC)CC2)c1. The molecule has 1 fully saturated rings. The predicted octanol–water partition coefficient (Wildman–Crippen LogP) is 4.31. The van der Waals surface area contributed by atoms with E-state index in [1.165, 1.54) is 50.2 Å². The van der Waals surface area contributed by atoms with Gasteiger partial charge in [0.25, 0.3) is 0 Å². The van der Waals surface area contributed by atoms with Gasteiger partial charge in [-0.15, -0.1) is 0 Å². The van der Waals surface area contributed by atoms with Crippen LogP contribution in [-0.4, -0.2) is 29.5 Å². The first-order valence-electron chi connectivity index (χ1n) is 8.62. The molecule has 21 heavy (non-hydrogen) atoms. The molecule has 0 aliphatic carbocycles. The van der Waals surface area contributed by atoms with Crippen molar-refractivity contribution in [1.82, 2.24) is 9.88 Å². The maximum Gasteiger partial charge on any atom is 0.0564 e. The second-order valence-corrected chi connectivity index (χ2v) is 6.45. The number of aromatic nitrogens is 1. The third-order valence-electron chi connectivity index (χ3n) is 5.20. The molecule has 0 spiro atoms. The Balaban J connectivity index is 1.88. The van der Waals surface area contributed by atoms with E-state index in [2.05, 4.69) is 48.1 Å². The van der Waals surface area contributed by atoms with E-state index < -0.39 is 0 Å². The number of pyridine rings is 1. The number of nitrogens with zero attached hydrogens (tertiary/aromatic N) is 2. The number of rotatable bonds is 7. The highest BCUT2D eigenvalue weighted by Gasteiger charge is 2.31. The molecular formula is C18H31N3. The maximum atomic E-state index is 4.54. The Kier molecular flexibility index (Phi) is 6.04. The minimum Gasteiger partial charge on any atom is -0.385 e. The molecule has 0 saturated carbocycles. The van der Waals surface area contributed by atoms with Crippen LogP contribution in [0.1, 0.15) is 58.6 Å². The van der Waals surface area contributed by atoms with Crippen molar-refractivity contribution < 1.29 is 0 Å². The van der Waals surface area contributed by atoms with Crippen LogP contribution >= 0.6 is 0 Å². The number of anilines is 1. The minimum atomic E-state index is 0.606. The smallest absolute Gasteiger partial charge is 0.0564 e. The van der Waals surface area contributed by atoms with E-state index >= 15 is 0 Å². The van der Waals surface area contributed by atoms with Crippen molar-refractivity contribution in [3.8, 4) is 0 Å². The van der Waals surface area contributed by atoms with Crippen molar-refractivity contribution in [1.29, 1.82) is 0 Å². The normalized spacial score (nSPS) is 18.6. The Morgan fingerprint density at radius 2 is 1.90 bits per heavy atom. The van der Waals surface area contributed by atoms with Gasteiger partial charge in [-0.1, -0.05) is 33.6 Å². The molecule has 0 aromatic carbocycles. The molecule has 2 heterocycles. The van der Waals surface area contributed by atoms with E-state index in [0.717, 1.165) is 19.5 Å². The van der Waals surface area contributed by atoms with Crippen LogP contribution in [0.5, 0.6) is 0 Å². The lowest BCUT2D eigenvalue weighted by Gasteiger charge is -2.41. The zero-order valence-electron chi connectivity index (χ0n) is 14.0. The summed E-state index contributed by atoms with van der Waals surface area (Å²) in [5.41, 5.74) is 3.00. The third-order valence-corrected chi connectivity index (χ3v) is 5.20. The average Bonchev–Trinajstić information content (AvgIpc) is 2.54. The van der Waals surface area contributed by atoms with Crippen LogP contribution in [-0.2, 0) is 6.54 Å². The van der Waals surface area contributed by atoms with Crippen LogP contribution in [0.3, 0.4) is 0 Å². The molecule has 1 aliphatic rings. The summed E-state index contributed by atoms with van der Waals surface area (Å²) in [6.07, 6.45) is 8.42. The van der Waals surface area contributed by atoms with E-state index in [0.29, 0.717) is 5.41 Å².